The fourth-order valence-corrected chi connectivity index (χ4v) is 6.76. The molecule has 0 radical (unpaired) electrons. The van der Waals surface area contributed by atoms with Gasteiger partial charge in [-0.2, -0.15) is 0 Å². The highest BCUT2D eigenvalue weighted by molar-refractivity contribution is 5.93. The SMILES string of the molecule is C[C@@]12CCC[C@H]1[C@@H]1CCC3C(=O)C=CC[C@]3(C)[C@H]1CC2. The third-order valence-electron chi connectivity index (χ3n) is 7.83. The molecule has 0 heterocycles. The van der Waals surface area contributed by atoms with Gasteiger partial charge in [0.05, 0.1) is 0 Å². The minimum atomic E-state index is 0.276. The van der Waals surface area contributed by atoms with E-state index in [4.69, 9.17) is 0 Å². The smallest absolute Gasteiger partial charge is 0.159 e. The Morgan fingerprint density at radius 2 is 1.90 bits per heavy atom. The Morgan fingerprint density at radius 1 is 1.05 bits per heavy atom. The lowest BCUT2D eigenvalue weighted by atomic mass is 9.46. The Hall–Kier alpha value is -0.590. The summed E-state index contributed by atoms with van der Waals surface area (Å²) in [6.45, 7) is 4.99. The van der Waals surface area contributed by atoms with Crippen molar-refractivity contribution >= 4 is 5.78 Å². The zero-order chi connectivity index (χ0) is 14.0. The maximum atomic E-state index is 12.3. The first-order chi connectivity index (χ1) is 9.55. The summed E-state index contributed by atoms with van der Waals surface area (Å²) in [5, 5.41) is 0. The van der Waals surface area contributed by atoms with Crippen LogP contribution < -0.4 is 0 Å². The van der Waals surface area contributed by atoms with Gasteiger partial charge in [-0.3, -0.25) is 4.79 Å². The number of rotatable bonds is 0. The zero-order valence-electron chi connectivity index (χ0n) is 13.0. The maximum absolute atomic E-state index is 12.3. The molecule has 0 aromatic carbocycles. The molecule has 0 N–H and O–H groups in total. The number of fused-ring (bicyclic) bond motifs is 5. The third kappa shape index (κ3) is 1.58. The molecule has 20 heavy (non-hydrogen) atoms. The molecular formula is C19H28O. The van der Waals surface area contributed by atoms with E-state index in [9.17, 15) is 4.79 Å². The lowest BCUT2D eigenvalue weighted by Crippen LogP contribution is -2.53. The number of allylic oxidation sites excluding steroid dienone is 2. The highest BCUT2D eigenvalue weighted by atomic mass is 16.1. The average molecular weight is 272 g/mol. The van der Waals surface area contributed by atoms with Gasteiger partial charge in [-0.15, -0.1) is 0 Å². The van der Waals surface area contributed by atoms with Crippen LogP contribution in [0, 0.1) is 34.5 Å². The molecule has 6 atom stereocenters. The van der Waals surface area contributed by atoms with Crippen molar-refractivity contribution < 1.29 is 4.79 Å². The van der Waals surface area contributed by atoms with Gasteiger partial charge in [-0.25, -0.2) is 0 Å². The summed E-state index contributed by atoms with van der Waals surface area (Å²) in [5.41, 5.74) is 0.914. The Kier molecular flexibility index (Phi) is 2.76. The standard InChI is InChI=1S/C19H28O/c1-18-10-3-5-14(18)13-7-8-16-17(20)6-4-11-19(16,2)15(13)9-12-18/h4,6,13-16H,3,5,7-12H2,1-2H3/t13-,14-,15-,16?,18-,19+/m0/s1. The van der Waals surface area contributed by atoms with Gasteiger partial charge in [0.1, 0.15) is 0 Å². The molecule has 0 aromatic heterocycles. The van der Waals surface area contributed by atoms with Crippen LogP contribution in [0.25, 0.3) is 0 Å². The lowest BCUT2D eigenvalue weighted by Gasteiger charge is -2.58. The van der Waals surface area contributed by atoms with Crippen LogP contribution >= 0.6 is 0 Å². The fourth-order valence-electron chi connectivity index (χ4n) is 6.76. The van der Waals surface area contributed by atoms with E-state index in [1.807, 2.05) is 6.08 Å². The summed E-state index contributed by atoms with van der Waals surface area (Å²) in [7, 11) is 0. The van der Waals surface area contributed by atoms with Crippen LogP contribution in [0.5, 0.6) is 0 Å². The minimum absolute atomic E-state index is 0.276. The molecular weight excluding hydrogens is 244 g/mol. The second kappa shape index (κ2) is 4.21. The number of hydrogen-bond acceptors (Lipinski definition) is 1. The molecule has 1 heteroatoms. The first-order valence-corrected chi connectivity index (χ1v) is 8.75. The first-order valence-electron chi connectivity index (χ1n) is 8.75. The van der Waals surface area contributed by atoms with Crippen LogP contribution in [0.2, 0.25) is 0 Å². The van der Waals surface area contributed by atoms with E-state index < -0.39 is 0 Å². The van der Waals surface area contributed by atoms with Crippen molar-refractivity contribution in [2.24, 2.45) is 34.5 Å². The van der Waals surface area contributed by atoms with Gasteiger partial charge < -0.3 is 0 Å². The van der Waals surface area contributed by atoms with E-state index in [1.54, 1.807) is 0 Å². The van der Waals surface area contributed by atoms with Gasteiger partial charge in [0.2, 0.25) is 0 Å². The first kappa shape index (κ1) is 13.1. The van der Waals surface area contributed by atoms with Gasteiger partial charge in [0.25, 0.3) is 0 Å². The summed E-state index contributed by atoms with van der Waals surface area (Å²) >= 11 is 0. The van der Waals surface area contributed by atoms with Crippen LogP contribution in [0.4, 0.5) is 0 Å². The van der Waals surface area contributed by atoms with E-state index >= 15 is 0 Å². The van der Waals surface area contributed by atoms with Crippen LogP contribution in [-0.2, 0) is 4.79 Å². The highest BCUT2D eigenvalue weighted by Crippen LogP contribution is 2.65. The normalized spacial score (nSPS) is 54.2. The summed E-state index contributed by atoms with van der Waals surface area (Å²) in [5.74, 6) is 3.44. The quantitative estimate of drug-likeness (QED) is 0.621. The molecule has 4 rings (SSSR count). The number of carbonyl (C=O) groups is 1. The van der Waals surface area contributed by atoms with Crippen LogP contribution in [0.1, 0.15) is 65.2 Å². The minimum Gasteiger partial charge on any atom is -0.295 e. The van der Waals surface area contributed by atoms with Crippen molar-refractivity contribution in [3.63, 3.8) is 0 Å². The zero-order valence-corrected chi connectivity index (χ0v) is 13.0. The van der Waals surface area contributed by atoms with E-state index in [-0.39, 0.29) is 5.41 Å². The number of ketones is 1. The molecule has 4 aliphatic carbocycles. The van der Waals surface area contributed by atoms with Crippen molar-refractivity contribution in [2.45, 2.75) is 65.2 Å². The van der Waals surface area contributed by atoms with Crippen LogP contribution in [-0.4, -0.2) is 5.78 Å². The topological polar surface area (TPSA) is 17.1 Å². The Morgan fingerprint density at radius 3 is 2.75 bits per heavy atom. The molecule has 0 aliphatic heterocycles. The molecule has 0 spiro atoms. The van der Waals surface area contributed by atoms with Gasteiger partial charge >= 0.3 is 0 Å². The fraction of sp³-hybridized carbons (Fsp3) is 0.842. The molecule has 1 unspecified atom stereocenters. The molecule has 3 saturated carbocycles. The molecule has 0 saturated heterocycles. The molecule has 1 nitrogen and oxygen atoms in total. The van der Waals surface area contributed by atoms with E-state index in [2.05, 4.69) is 19.9 Å². The number of carbonyl (C=O) groups excluding carboxylic acids is 1. The predicted molar refractivity (Wildman–Crippen MR) is 81.3 cm³/mol. The average Bonchev–Trinajstić information content (AvgIpc) is 2.80. The Bertz CT molecular complexity index is 464. The lowest BCUT2D eigenvalue weighted by molar-refractivity contribution is -0.136. The molecule has 0 bridgehead atoms. The van der Waals surface area contributed by atoms with Crippen molar-refractivity contribution in [2.75, 3.05) is 0 Å². The molecule has 3 fully saturated rings. The second-order valence-corrected chi connectivity index (χ2v) is 8.61. The molecule has 110 valence electrons. The van der Waals surface area contributed by atoms with Crippen LogP contribution in [0.3, 0.4) is 0 Å². The van der Waals surface area contributed by atoms with Crippen molar-refractivity contribution in [1.82, 2.24) is 0 Å². The second-order valence-electron chi connectivity index (χ2n) is 8.61. The van der Waals surface area contributed by atoms with Gasteiger partial charge in [-0.05, 0) is 79.6 Å². The maximum Gasteiger partial charge on any atom is 0.159 e. The summed E-state index contributed by atoms with van der Waals surface area (Å²) in [6.07, 6.45) is 14.8. The summed E-state index contributed by atoms with van der Waals surface area (Å²) in [4.78, 5) is 12.3. The van der Waals surface area contributed by atoms with Crippen molar-refractivity contribution in [1.29, 1.82) is 0 Å². The predicted octanol–water partition coefficient (Wildman–Crippen LogP) is 4.76. The molecule has 0 aromatic rings. The molecule has 4 aliphatic rings. The number of hydrogen-bond donors (Lipinski definition) is 0. The molecule has 0 amide bonds. The van der Waals surface area contributed by atoms with Gasteiger partial charge in [0, 0.05) is 5.92 Å². The van der Waals surface area contributed by atoms with Crippen LogP contribution in [0.15, 0.2) is 12.2 Å². The summed E-state index contributed by atoms with van der Waals surface area (Å²) in [6, 6.07) is 0. The van der Waals surface area contributed by atoms with E-state index in [0.29, 0.717) is 17.1 Å². The largest absolute Gasteiger partial charge is 0.295 e. The third-order valence-corrected chi connectivity index (χ3v) is 7.83. The van der Waals surface area contributed by atoms with Gasteiger partial charge in [0.15, 0.2) is 5.78 Å². The Labute approximate surface area is 123 Å². The van der Waals surface area contributed by atoms with Crippen molar-refractivity contribution in [3.05, 3.63) is 12.2 Å². The van der Waals surface area contributed by atoms with Gasteiger partial charge in [-0.1, -0.05) is 26.3 Å². The highest BCUT2D eigenvalue weighted by Gasteiger charge is 2.58. The van der Waals surface area contributed by atoms with E-state index in [0.717, 1.165) is 30.6 Å². The summed E-state index contributed by atoms with van der Waals surface area (Å²) < 4.78 is 0. The monoisotopic (exact) mass is 272 g/mol. The van der Waals surface area contributed by atoms with Crippen molar-refractivity contribution in [3.8, 4) is 0 Å². The van der Waals surface area contributed by atoms with E-state index in [1.165, 1.54) is 38.5 Å². The Balaban J connectivity index is 1.69.